The van der Waals surface area contributed by atoms with Crippen LogP contribution in [-0.4, -0.2) is 57.8 Å². The van der Waals surface area contributed by atoms with Crippen molar-refractivity contribution in [3.05, 3.63) is 0 Å². The van der Waals surface area contributed by atoms with Gasteiger partial charge in [-0.1, -0.05) is 0 Å². The van der Waals surface area contributed by atoms with E-state index < -0.39 is 10.0 Å². The minimum Gasteiger partial charge on any atom is -0.313 e. The Bertz CT molecular complexity index is 373. The first-order chi connectivity index (χ1) is 8.97. The Morgan fingerprint density at radius 1 is 1.21 bits per heavy atom. The normalized spacial score (nSPS) is 24.5. The Kier molecular flexibility index (Phi) is 5.22. The quantitative estimate of drug-likeness (QED) is 0.712. The standard InChI is InChI=1S/C13H27N3O2S/c1-11(9-14-13-3-4-13)19(17,18)15-10-12-5-7-16(2)8-6-12/h11-15H,3-10H2,1-2H3. The molecule has 1 heterocycles. The first-order valence-electron chi connectivity index (χ1n) is 7.38. The van der Waals surface area contributed by atoms with Crippen molar-refractivity contribution in [2.24, 2.45) is 5.92 Å². The van der Waals surface area contributed by atoms with Crippen molar-refractivity contribution in [2.75, 3.05) is 33.2 Å². The highest BCUT2D eigenvalue weighted by Gasteiger charge is 2.26. The molecular formula is C13H27N3O2S. The zero-order valence-corrected chi connectivity index (χ0v) is 12.9. The molecule has 2 N–H and O–H groups in total. The smallest absolute Gasteiger partial charge is 0.215 e. The van der Waals surface area contributed by atoms with Crippen LogP contribution in [0.5, 0.6) is 0 Å². The maximum absolute atomic E-state index is 12.1. The minimum absolute atomic E-state index is 0.348. The highest BCUT2D eigenvalue weighted by Crippen LogP contribution is 2.19. The lowest BCUT2D eigenvalue weighted by molar-refractivity contribution is 0.220. The van der Waals surface area contributed by atoms with E-state index in [1.807, 2.05) is 0 Å². The summed E-state index contributed by atoms with van der Waals surface area (Å²) in [6.45, 7) is 5.10. The number of piperidine rings is 1. The molecule has 0 aromatic carbocycles. The molecule has 0 bridgehead atoms. The van der Waals surface area contributed by atoms with Crippen molar-refractivity contribution in [2.45, 2.75) is 43.9 Å². The zero-order chi connectivity index (χ0) is 13.9. The predicted molar refractivity (Wildman–Crippen MR) is 77.6 cm³/mol. The molecule has 1 atom stereocenters. The van der Waals surface area contributed by atoms with Crippen LogP contribution in [0.3, 0.4) is 0 Å². The van der Waals surface area contributed by atoms with Gasteiger partial charge in [-0.05, 0) is 58.7 Å². The van der Waals surface area contributed by atoms with Gasteiger partial charge < -0.3 is 10.2 Å². The average molecular weight is 289 g/mol. The maximum atomic E-state index is 12.1. The van der Waals surface area contributed by atoms with E-state index in [1.54, 1.807) is 6.92 Å². The van der Waals surface area contributed by atoms with E-state index in [2.05, 4.69) is 22.0 Å². The molecular weight excluding hydrogens is 262 g/mol. The van der Waals surface area contributed by atoms with Gasteiger partial charge in [0.1, 0.15) is 0 Å². The largest absolute Gasteiger partial charge is 0.313 e. The first-order valence-corrected chi connectivity index (χ1v) is 8.92. The molecule has 2 fully saturated rings. The highest BCUT2D eigenvalue weighted by atomic mass is 32.2. The van der Waals surface area contributed by atoms with Gasteiger partial charge in [0.2, 0.25) is 10.0 Å². The number of hydrogen-bond acceptors (Lipinski definition) is 4. The van der Waals surface area contributed by atoms with Gasteiger partial charge in [-0.2, -0.15) is 0 Å². The molecule has 0 spiro atoms. The number of nitrogens with one attached hydrogen (secondary N) is 2. The Morgan fingerprint density at radius 2 is 1.84 bits per heavy atom. The molecule has 6 heteroatoms. The van der Waals surface area contributed by atoms with E-state index in [-0.39, 0.29) is 5.25 Å². The van der Waals surface area contributed by atoms with Gasteiger partial charge in [-0.15, -0.1) is 0 Å². The molecule has 2 rings (SSSR count). The molecule has 5 nitrogen and oxygen atoms in total. The van der Waals surface area contributed by atoms with E-state index >= 15 is 0 Å². The van der Waals surface area contributed by atoms with Gasteiger partial charge in [-0.3, -0.25) is 0 Å². The molecule has 0 radical (unpaired) electrons. The molecule has 1 aliphatic carbocycles. The molecule has 0 aromatic heterocycles. The van der Waals surface area contributed by atoms with Crippen LogP contribution in [0.4, 0.5) is 0 Å². The van der Waals surface area contributed by atoms with E-state index in [0.717, 1.165) is 25.9 Å². The van der Waals surface area contributed by atoms with Crippen LogP contribution >= 0.6 is 0 Å². The summed E-state index contributed by atoms with van der Waals surface area (Å²) in [5.41, 5.74) is 0. The summed E-state index contributed by atoms with van der Waals surface area (Å²) in [6.07, 6.45) is 4.56. The summed E-state index contributed by atoms with van der Waals surface area (Å²) in [7, 11) is -1.05. The Labute approximate surface area is 117 Å². The van der Waals surface area contributed by atoms with Crippen LogP contribution < -0.4 is 10.0 Å². The van der Waals surface area contributed by atoms with Crippen LogP contribution in [0.1, 0.15) is 32.6 Å². The van der Waals surface area contributed by atoms with Crippen molar-refractivity contribution in [1.82, 2.24) is 14.9 Å². The molecule has 1 saturated carbocycles. The van der Waals surface area contributed by atoms with Gasteiger partial charge in [0, 0.05) is 19.1 Å². The maximum Gasteiger partial charge on any atom is 0.215 e. The average Bonchev–Trinajstić information content (AvgIpc) is 3.19. The molecule has 0 aromatic rings. The lowest BCUT2D eigenvalue weighted by Gasteiger charge is -2.29. The van der Waals surface area contributed by atoms with Gasteiger partial charge in [0.25, 0.3) is 0 Å². The molecule has 19 heavy (non-hydrogen) atoms. The Balaban J connectivity index is 1.70. The van der Waals surface area contributed by atoms with E-state index in [9.17, 15) is 8.42 Å². The van der Waals surface area contributed by atoms with E-state index in [0.29, 0.717) is 25.0 Å². The summed E-state index contributed by atoms with van der Waals surface area (Å²) in [4.78, 5) is 2.30. The zero-order valence-electron chi connectivity index (χ0n) is 12.1. The van der Waals surface area contributed by atoms with Crippen LogP contribution in [0.2, 0.25) is 0 Å². The molecule has 1 unspecified atom stereocenters. The highest BCUT2D eigenvalue weighted by molar-refractivity contribution is 7.90. The molecule has 0 amide bonds. The fraction of sp³-hybridized carbons (Fsp3) is 1.00. The summed E-state index contributed by atoms with van der Waals surface area (Å²) in [6, 6.07) is 0.562. The van der Waals surface area contributed by atoms with E-state index in [1.165, 1.54) is 12.8 Å². The second-order valence-electron chi connectivity index (χ2n) is 6.13. The Morgan fingerprint density at radius 3 is 2.42 bits per heavy atom. The monoisotopic (exact) mass is 289 g/mol. The van der Waals surface area contributed by atoms with Gasteiger partial charge in [0.15, 0.2) is 0 Å². The van der Waals surface area contributed by atoms with Crippen molar-refractivity contribution in [1.29, 1.82) is 0 Å². The van der Waals surface area contributed by atoms with Crippen LogP contribution in [0.15, 0.2) is 0 Å². The third-order valence-electron chi connectivity index (χ3n) is 4.21. The number of likely N-dealkylation sites (tertiary alicyclic amines) is 1. The fourth-order valence-corrected chi connectivity index (χ4v) is 3.44. The van der Waals surface area contributed by atoms with E-state index in [4.69, 9.17) is 0 Å². The second kappa shape index (κ2) is 6.52. The van der Waals surface area contributed by atoms with Crippen LogP contribution in [0.25, 0.3) is 0 Å². The van der Waals surface area contributed by atoms with Gasteiger partial charge in [0.05, 0.1) is 5.25 Å². The molecule has 2 aliphatic rings. The van der Waals surface area contributed by atoms with Crippen molar-refractivity contribution in [3.8, 4) is 0 Å². The van der Waals surface area contributed by atoms with Crippen molar-refractivity contribution < 1.29 is 8.42 Å². The first kappa shape index (κ1) is 15.2. The number of rotatable bonds is 7. The predicted octanol–water partition coefficient (Wildman–Crippen LogP) is 0.388. The third-order valence-corrected chi connectivity index (χ3v) is 6.01. The summed E-state index contributed by atoms with van der Waals surface area (Å²) in [5.74, 6) is 0.495. The molecule has 112 valence electrons. The third kappa shape index (κ3) is 5.02. The number of sulfonamides is 1. The fourth-order valence-electron chi connectivity index (χ4n) is 2.37. The summed E-state index contributed by atoms with van der Waals surface area (Å²) in [5, 5.41) is 2.93. The van der Waals surface area contributed by atoms with Crippen LogP contribution in [-0.2, 0) is 10.0 Å². The lowest BCUT2D eigenvalue weighted by Crippen LogP contribution is -2.42. The van der Waals surface area contributed by atoms with Crippen molar-refractivity contribution in [3.63, 3.8) is 0 Å². The number of hydrogen-bond donors (Lipinski definition) is 2. The second-order valence-corrected chi connectivity index (χ2v) is 8.32. The SMILES string of the molecule is CC(CNC1CC1)S(=O)(=O)NCC1CCN(C)CC1. The summed E-state index contributed by atoms with van der Waals surface area (Å²) < 4.78 is 27.0. The lowest BCUT2D eigenvalue weighted by atomic mass is 9.98. The Hall–Kier alpha value is -0.170. The van der Waals surface area contributed by atoms with Gasteiger partial charge >= 0.3 is 0 Å². The topological polar surface area (TPSA) is 61.4 Å². The van der Waals surface area contributed by atoms with Crippen molar-refractivity contribution >= 4 is 10.0 Å². The molecule has 1 saturated heterocycles. The molecule has 1 aliphatic heterocycles. The minimum atomic E-state index is -3.17. The summed E-state index contributed by atoms with van der Waals surface area (Å²) >= 11 is 0. The van der Waals surface area contributed by atoms with Gasteiger partial charge in [-0.25, -0.2) is 13.1 Å². The van der Waals surface area contributed by atoms with Crippen LogP contribution in [0, 0.1) is 5.92 Å². The number of nitrogens with zero attached hydrogens (tertiary/aromatic N) is 1.